The molecular formula is C14H21BrN2O. The summed E-state index contributed by atoms with van der Waals surface area (Å²) in [6.07, 6.45) is 0.0910. The maximum atomic E-state index is 5.85. The molecule has 1 heterocycles. The predicted octanol–water partition coefficient (Wildman–Crippen LogP) is 2.48. The Morgan fingerprint density at radius 3 is 2.89 bits per heavy atom. The smallest absolute Gasteiger partial charge is 0.0894 e. The van der Waals surface area contributed by atoms with Gasteiger partial charge in [-0.15, -0.1) is 0 Å². The number of halogens is 1. The van der Waals surface area contributed by atoms with Crippen LogP contribution in [-0.4, -0.2) is 37.2 Å². The van der Waals surface area contributed by atoms with Gasteiger partial charge >= 0.3 is 0 Å². The van der Waals surface area contributed by atoms with Crippen molar-refractivity contribution < 1.29 is 4.74 Å². The molecule has 0 radical (unpaired) electrons. The van der Waals surface area contributed by atoms with Crippen LogP contribution >= 0.6 is 15.9 Å². The molecule has 0 bridgehead atoms. The van der Waals surface area contributed by atoms with Gasteiger partial charge in [-0.25, -0.2) is 0 Å². The molecule has 0 aromatic heterocycles. The third-order valence-corrected chi connectivity index (χ3v) is 4.49. The van der Waals surface area contributed by atoms with Crippen LogP contribution in [0.4, 0.5) is 0 Å². The number of morpholine rings is 1. The molecule has 1 aliphatic heterocycles. The lowest BCUT2D eigenvalue weighted by Crippen LogP contribution is -2.48. The van der Waals surface area contributed by atoms with E-state index in [1.54, 1.807) is 0 Å². The van der Waals surface area contributed by atoms with Crippen LogP contribution in [0.1, 0.15) is 24.1 Å². The molecule has 0 saturated carbocycles. The molecule has 100 valence electrons. The molecule has 3 nitrogen and oxygen atoms in total. The highest BCUT2D eigenvalue weighted by molar-refractivity contribution is 9.10. The van der Waals surface area contributed by atoms with Gasteiger partial charge in [0.15, 0.2) is 0 Å². The van der Waals surface area contributed by atoms with E-state index in [0.29, 0.717) is 6.54 Å². The van der Waals surface area contributed by atoms with Crippen molar-refractivity contribution >= 4 is 15.9 Å². The first-order chi connectivity index (χ1) is 8.67. The molecule has 0 spiro atoms. The van der Waals surface area contributed by atoms with Crippen molar-refractivity contribution in [3.05, 3.63) is 33.8 Å². The van der Waals surface area contributed by atoms with Gasteiger partial charge in [0.1, 0.15) is 0 Å². The Bertz CT molecular complexity index is 399. The van der Waals surface area contributed by atoms with E-state index in [2.05, 4.69) is 52.9 Å². The molecular weight excluding hydrogens is 292 g/mol. The number of ether oxygens (including phenoxy) is 1. The summed E-state index contributed by atoms with van der Waals surface area (Å²) in [5, 5.41) is 0. The second-order valence-electron chi connectivity index (χ2n) is 4.73. The second kappa shape index (κ2) is 6.15. The van der Waals surface area contributed by atoms with Gasteiger partial charge in [-0.2, -0.15) is 0 Å². The highest BCUT2D eigenvalue weighted by atomic mass is 79.9. The van der Waals surface area contributed by atoms with Crippen molar-refractivity contribution in [3.8, 4) is 0 Å². The fourth-order valence-electron chi connectivity index (χ4n) is 2.56. The van der Waals surface area contributed by atoms with Crippen molar-refractivity contribution in [2.24, 2.45) is 5.73 Å². The van der Waals surface area contributed by atoms with Gasteiger partial charge in [-0.1, -0.05) is 35.0 Å². The Balaban J connectivity index is 2.32. The van der Waals surface area contributed by atoms with Crippen molar-refractivity contribution in [1.82, 2.24) is 4.90 Å². The zero-order valence-corrected chi connectivity index (χ0v) is 12.6. The number of aryl methyl sites for hydroxylation is 1. The Labute approximate surface area is 117 Å². The van der Waals surface area contributed by atoms with E-state index < -0.39 is 0 Å². The van der Waals surface area contributed by atoms with E-state index in [0.717, 1.165) is 24.2 Å². The van der Waals surface area contributed by atoms with Crippen LogP contribution < -0.4 is 5.73 Å². The standard InChI is InChI=1S/C14H21BrN2O/c1-3-17-6-7-18-13(9-16)14(17)11-5-4-10(2)12(15)8-11/h4-5,8,13-14H,3,6-7,9,16H2,1-2H3. The second-order valence-corrected chi connectivity index (χ2v) is 5.58. The van der Waals surface area contributed by atoms with Crippen LogP contribution in [0.2, 0.25) is 0 Å². The van der Waals surface area contributed by atoms with Crippen molar-refractivity contribution in [2.75, 3.05) is 26.2 Å². The summed E-state index contributed by atoms with van der Waals surface area (Å²) in [6, 6.07) is 6.80. The van der Waals surface area contributed by atoms with Crippen LogP contribution in [-0.2, 0) is 4.74 Å². The van der Waals surface area contributed by atoms with Crippen LogP contribution in [0.25, 0.3) is 0 Å². The van der Waals surface area contributed by atoms with Crippen LogP contribution in [0.15, 0.2) is 22.7 Å². The molecule has 1 saturated heterocycles. The fourth-order valence-corrected chi connectivity index (χ4v) is 2.95. The van der Waals surface area contributed by atoms with Crippen molar-refractivity contribution in [3.63, 3.8) is 0 Å². The summed E-state index contributed by atoms with van der Waals surface area (Å²) in [5.41, 5.74) is 8.39. The first-order valence-electron chi connectivity index (χ1n) is 6.49. The number of benzene rings is 1. The molecule has 1 aliphatic rings. The van der Waals surface area contributed by atoms with Crippen LogP contribution in [0.5, 0.6) is 0 Å². The van der Waals surface area contributed by atoms with Crippen molar-refractivity contribution in [1.29, 1.82) is 0 Å². The Kier molecular flexibility index (Phi) is 4.78. The zero-order valence-electron chi connectivity index (χ0n) is 11.0. The molecule has 2 rings (SSSR count). The van der Waals surface area contributed by atoms with Gasteiger partial charge in [-0.05, 0) is 30.7 Å². The first-order valence-corrected chi connectivity index (χ1v) is 7.28. The number of hydrogen-bond acceptors (Lipinski definition) is 3. The molecule has 0 amide bonds. The Morgan fingerprint density at radius 2 is 2.28 bits per heavy atom. The lowest BCUT2D eigenvalue weighted by molar-refractivity contribution is -0.0658. The highest BCUT2D eigenvalue weighted by Gasteiger charge is 2.31. The predicted molar refractivity (Wildman–Crippen MR) is 77.7 cm³/mol. The van der Waals surface area contributed by atoms with Gasteiger partial charge in [0.05, 0.1) is 18.8 Å². The van der Waals surface area contributed by atoms with E-state index in [-0.39, 0.29) is 12.1 Å². The van der Waals surface area contributed by atoms with Gasteiger partial charge in [0.25, 0.3) is 0 Å². The molecule has 0 aliphatic carbocycles. The minimum Gasteiger partial charge on any atom is -0.374 e. The summed E-state index contributed by atoms with van der Waals surface area (Å²) in [7, 11) is 0. The average Bonchev–Trinajstić information content (AvgIpc) is 2.41. The zero-order chi connectivity index (χ0) is 13.1. The number of nitrogens with zero attached hydrogens (tertiary/aromatic N) is 1. The first kappa shape index (κ1) is 14.0. The van der Waals surface area contributed by atoms with Crippen LogP contribution in [0, 0.1) is 6.92 Å². The summed E-state index contributed by atoms with van der Waals surface area (Å²) in [4.78, 5) is 2.44. The summed E-state index contributed by atoms with van der Waals surface area (Å²) < 4.78 is 6.96. The largest absolute Gasteiger partial charge is 0.374 e. The molecule has 1 aromatic carbocycles. The number of rotatable bonds is 3. The monoisotopic (exact) mass is 312 g/mol. The Hall–Kier alpha value is -0.420. The molecule has 1 aromatic rings. The summed E-state index contributed by atoms with van der Waals surface area (Å²) in [6.45, 7) is 7.63. The third-order valence-electron chi connectivity index (χ3n) is 3.63. The summed E-state index contributed by atoms with van der Waals surface area (Å²) >= 11 is 3.61. The van der Waals surface area contributed by atoms with E-state index in [1.807, 2.05) is 0 Å². The topological polar surface area (TPSA) is 38.5 Å². The molecule has 1 fully saturated rings. The maximum Gasteiger partial charge on any atom is 0.0894 e. The SMILES string of the molecule is CCN1CCOC(CN)C1c1ccc(C)c(Br)c1. The molecule has 2 unspecified atom stereocenters. The number of nitrogens with two attached hydrogens (primary N) is 1. The van der Waals surface area contributed by atoms with E-state index in [1.165, 1.54) is 11.1 Å². The van der Waals surface area contributed by atoms with E-state index >= 15 is 0 Å². The molecule has 2 N–H and O–H groups in total. The lowest BCUT2D eigenvalue weighted by atomic mass is 9.97. The number of hydrogen-bond donors (Lipinski definition) is 1. The fraction of sp³-hybridized carbons (Fsp3) is 0.571. The summed E-state index contributed by atoms with van der Waals surface area (Å²) in [5.74, 6) is 0. The third kappa shape index (κ3) is 2.77. The average molecular weight is 313 g/mol. The normalized spacial score (nSPS) is 25.3. The highest BCUT2D eigenvalue weighted by Crippen LogP contribution is 2.31. The minimum atomic E-state index is 0.0910. The maximum absolute atomic E-state index is 5.85. The molecule has 2 atom stereocenters. The lowest BCUT2D eigenvalue weighted by Gasteiger charge is -2.40. The molecule has 18 heavy (non-hydrogen) atoms. The van der Waals surface area contributed by atoms with Crippen molar-refractivity contribution in [2.45, 2.75) is 26.0 Å². The van der Waals surface area contributed by atoms with E-state index in [9.17, 15) is 0 Å². The van der Waals surface area contributed by atoms with Gasteiger partial charge < -0.3 is 10.5 Å². The van der Waals surface area contributed by atoms with Crippen LogP contribution in [0.3, 0.4) is 0 Å². The van der Waals surface area contributed by atoms with Gasteiger partial charge in [0.2, 0.25) is 0 Å². The molecule has 4 heteroatoms. The van der Waals surface area contributed by atoms with E-state index in [4.69, 9.17) is 10.5 Å². The Morgan fingerprint density at radius 1 is 1.50 bits per heavy atom. The quantitative estimate of drug-likeness (QED) is 0.932. The number of likely N-dealkylation sites (N-methyl/N-ethyl adjacent to an activating group) is 1. The minimum absolute atomic E-state index is 0.0910. The van der Waals surface area contributed by atoms with Gasteiger partial charge in [-0.3, -0.25) is 4.90 Å². The van der Waals surface area contributed by atoms with Gasteiger partial charge in [0, 0.05) is 17.6 Å².